The van der Waals surface area contributed by atoms with Crippen molar-refractivity contribution in [2.75, 3.05) is 0 Å². The Labute approximate surface area is 135 Å². The van der Waals surface area contributed by atoms with Gasteiger partial charge in [-0.1, -0.05) is 18.1 Å². The molecule has 4 fully saturated rings. The predicted molar refractivity (Wildman–Crippen MR) is 88.8 cm³/mol. The summed E-state index contributed by atoms with van der Waals surface area (Å²) in [5.74, 6) is 0.741. The molecule has 2 aliphatic carbocycles. The SMILES string of the molecule is CC(C)=C1CC[C@@]2(C)C[C@@H]3O[C@]3(C)CC[C@@H]3O[C@@]3(C)CC[C@H]12. The minimum absolute atomic E-state index is 0.137. The third-order valence-corrected chi connectivity index (χ3v) is 7.42. The van der Waals surface area contributed by atoms with Gasteiger partial charge in [-0.25, -0.2) is 0 Å². The topological polar surface area (TPSA) is 25.1 Å². The molecule has 0 amide bonds. The molecule has 0 aromatic heterocycles. The van der Waals surface area contributed by atoms with E-state index in [0.29, 0.717) is 17.6 Å². The molecule has 0 aromatic rings. The van der Waals surface area contributed by atoms with Gasteiger partial charge in [0.2, 0.25) is 0 Å². The molecule has 22 heavy (non-hydrogen) atoms. The molecule has 0 N–H and O–H groups in total. The molecular formula is C20H32O2. The van der Waals surface area contributed by atoms with Crippen molar-refractivity contribution in [2.24, 2.45) is 11.3 Å². The Morgan fingerprint density at radius 2 is 1.55 bits per heavy atom. The second-order valence-electron chi connectivity index (χ2n) is 9.35. The third-order valence-electron chi connectivity index (χ3n) is 7.42. The summed E-state index contributed by atoms with van der Waals surface area (Å²) in [5.41, 5.74) is 4.02. The number of hydrogen-bond acceptors (Lipinski definition) is 2. The molecule has 0 bridgehead atoms. The van der Waals surface area contributed by atoms with E-state index < -0.39 is 0 Å². The lowest BCUT2D eigenvalue weighted by atomic mass is 9.71. The molecule has 6 atom stereocenters. The van der Waals surface area contributed by atoms with Gasteiger partial charge >= 0.3 is 0 Å². The number of allylic oxidation sites excluding steroid dienone is 2. The van der Waals surface area contributed by atoms with E-state index in [0.717, 1.165) is 5.92 Å². The fourth-order valence-electron chi connectivity index (χ4n) is 5.47. The van der Waals surface area contributed by atoms with Gasteiger partial charge in [0.05, 0.1) is 23.4 Å². The first-order chi connectivity index (χ1) is 10.3. The third kappa shape index (κ3) is 2.29. The molecule has 4 aliphatic rings. The second kappa shape index (κ2) is 4.60. The average Bonchev–Trinajstić information content (AvgIpc) is 3.22. The Balaban J connectivity index is 1.64. The summed E-state index contributed by atoms with van der Waals surface area (Å²) in [5, 5.41) is 0. The van der Waals surface area contributed by atoms with Crippen molar-refractivity contribution in [2.45, 2.75) is 103 Å². The molecule has 2 saturated carbocycles. The van der Waals surface area contributed by atoms with Crippen molar-refractivity contribution in [3.8, 4) is 0 Å². The van der Waals surface area contributed by atoms with Crippen LogP contribution in [-0.4, -0.2) is 23.4 Å². The van der Waals surface area contributed by atoms with Crippen molar-refractivity contribution in [3.05, 3.63) is 11.1 Å². The first-order valence-electron chi connectivity index (χ1n) is 9.28. The summed E-state index contributed by atoms with van der Waals surface area (Å²) in [6.07, 6.45) is 9.75. The summed E-state index contributed by atoms with van der Waals surface area (Å²) in [6, 6.07) is 0. The van der Waals surface area contributed by atoms with Gasteiger partial charge in [0.15, 0.2) is 0 Å². The van der Waals surface area contributed by atoms with Gasteiger partial charge in [-0.15, -0.1) is 0 Å². The molecule has 0 aromatic carbocycles. The van der Waals surface area contributed by atoms with Crippen LogP contribution in [0.25, 0.3) is 0 Å². The average molecular weight is 304 g/mol. The van der Waals surface area contributed by atoms with Crippen LogP contribution in [0.1, 0.15) is 79.6 Å². The van der Waals surface area contributed by atoms with Gasteiger partial charge in [0.1, 0.15) is 0 Å². The highest BCUT2D eigenvalue weighted by Gasteiger charge is 2.60. The number of hydrogen-bond donors (Lipinski definition) is 0. The summed E-state index contributed by atoms with van der Waals surface area (Å²) < 4.78 is 12.3. The highest BCUT2D eigenvalue weighted by molar-refractivity contribution is 5.23. The van der Waals surface area contributed by atoms with E-state index in [1.54, 1.807) is 11.1 Å². The summed E-state index contributed by atoms with van der Waals surface area (Å²) >= 11 is 0. The molecular weight excluding hydrogens is 272 g/mol. The number of ether oxygens (including phenoxy) is 2. The zero-order valence-corrected chi connectivity index (χ0v) is 15.0. The lowest BCUT2D eigenvalue weighted by molar-refractivity contribution is 0.176. The maximum absolute atomic E-state index is 6.17. The summed E-state index contributed by atoms with van der Waals surface area (Å²) in [4.78, 5) is 0. The maximum atomic E-state index is 6.17. The summed E-state index contributed by atoms with van der Waals surface area (Å²) in [7, 11) is 0. The molecule has 2 aliphatic heterocycles. The van der Waals surface area contributed by atoms with Crippen molar-refractivity contribution in [1.29, 1.82) is 0 Å². The smallest absolute Gasteiger partial charge is 0.0921 e. The highest BCUT2D eigenvalue weighted by atomic mass is 16.6. The first-order valence-corrected chi connectivity index (χ1v) is 9.28. The Morgan fingerprint density at radius 3 is 2.27 bits per heavy atom. The van der Waals surface area contributed by atoms with Gasteiger partial charge in [-0.3, -0.25) is 0 Å². The van der Waals surface area contributed by atoms with Crippen LogP contribution in [0.3, 0.4) is 0 Å². The lowest BCUT2D eigenvalue weighted by Gasteiger charge is -2.33. The molecule has 2 nitrogen and oxygen atoms in total. The monoisotopic (exact) mass is 304 g/mol. The van der Waals surface area contributed by atoms with E-state index >= 15 is 0 Å². The van der Waals surface area contributed by atoms with Gasteiger partial charge in [-0.2, -0.15) is 0 Å². The minimum atomic E-state index is 0.137. The van der Waals surface area contributed by atoms with Crippen LogP contribution in [0.5, 0.6) is 0 Å². The highest BCUT2D eigenvalue weighted by Crippen LogP contribution is 2.59. The number of fused-ring (bicyclic) bond motifs is 3. The Hall–Kier alpha value is -0.340. The predicted octanol–water partition coefficient (Wildman–Crippen LogP) is 5.02. The van der Waals surface area contributed by atoms with Crippen LogP contribution in [0.2, 0.25) is 0 Å². The van der Waals surface area contributed by atoms with Gasteiger partial charge in [0.25, 0.3) is 0 Å². The van der Waals surface area contributed by atoms with E-state index in [1.807, 2.05) is 0 Å². The van der Waals surface area contributed by atoms with Crippen LogP contribution < -0.4 is 0 Å². The van der Waals surface area contributed by atoms with Crippen LogP contribution >= 0.6 is 0 Å². The molecule has 0 radical (unpaired) electrons. The second-order valence-corrected chi connectivity index (χ2v) is 9.35. The van der Waals surface area contributed by atoms with Gasteiger partial charge in [-0.05, 0) is 84.0 Å². The first kappa shape index (κ1) is 15.2. The Bertz CT molecular complexity index is 520. The van der Waals surface area contributed by atoms with Crippen LogP contribution in [-0.2, 0) is 9.47 Å². The molecule has 0 spiro atoms. The van der Waals surface area contributed by atoms with Crippen molar-refractivity contribution in [1.82, 2.24) is 0 Å². The van der Waals surface area contributed by atoms with Crippen LogP contribution in [0.15, 0.2) is 11.1 Å². The molecule has 4 rings (SSSR count). The maximum Gasteiger partial charge on any atom is 0.0921 e. The molecule has 2 heteroatoms. The normalized spacial score (nSPS) is 53.9. The van der Waals surface area contributed by atoms with Crippen LogP contribution in [0, 0.1) is 11.3 Å². The molecule has 2 saturated heterocycles. The standard InChI is InChI=1S/C20H32O2/c1-13(2)14-6-9-18(3)12-17-20(5,22-17)11-8-16-19(4,21-16)10-7-15(14)18/h15-17H,6-12H2,1-5H3/t15-,16+,17+,18+,19+,20-/m1/s1. The lowest BCUT2D eigenvalue weighted by Crippen LogP contribution is -2.27. The van der Waals surface area contributed by atoms with E-state index in [-0.39, 0.29) is 11.2 Å². The Morgan fingerprint density at radius 1 is 0.909 bits per heavy atom. The van der Waals surface area contributed by atoms with Crippen LogP contribution in [0.4, 0.5) is 0 Å². The zero-order chi connectivity index (χ0) is 15.8. The van der Waals surface area contributed by atoms with E-state index in [2.05, 4.69) is 34.6 Å². The summed E-state index contributed by atoms with van der Waals surface area (Å²) in [6.45, 7) is 11.8. The number of epoxide rings is 2. The zero-order valence-electron chi connectivity index (χ0n) is 15.0. The fraction of sp³-hybridized carbons (Fsp3) is 0.900. The van der Waals surface area contributed by atoms with E-state index in [1.165, 1.54) is 44.9 Å². The Kier molecular flexibility index (Phi) is 3.18. The largest absolute Gasteiger partial charge is 0.366 e. The van der Waals surface area contributed by atoms with E-state index in [9.17, 15) is 0 Å². The molecule has 2 heterocycles. The molecule has 124 valence electrons. The number of rotatable bonds is 0. The quantitative estimate of drug-likeness (QED) is 0.464. The minimum Gasteiger partial charge on any atom is -0.366 e. The fourth-order valence-corrected chi connectivity index (χ4v) is 5.47. The van der Waals surface area contributed by atoms with Gasteiger partial charge in [0, 0.05) is 0 Å². The van der Waals surface area contributed by atoms with E-state index in [4.69, 9.17) is 9.47 Å². The van der Waals surface area contributed by atoms with Crippen molar-refractivity contribution < 1.29 is 9.47 Å². The van der Waals surface area contributed by atoms with Gasteiger partial charge < -0.3 is 9.47 Å². The molecule has 0 unspecified atom stereocenters. The van der Waals surface area contributed by atoms with Crippen molar-refractivity contribution in [3.63, 3.8) is 0 Å². The van der Waals surface area contributed by atoms with Crippen molar-refractivity contribution >= 4 is 0 Å².